The van der Waals surface area contributed by atoms with Crippen molar-refractivity contribution in [3.8, 4) is 5.75 Å². The van der Waals surface area contributed by atoms with Crippen LogP contribution in [0.25, 0.3) is 0 Å². The number of carbonyl (C=O) groups is 1. The van der Waals surface area contributed by atoms with Crippen LogP contribution in [0.5, 0.6) is 5.75 Å². The summed E-state index contributed by atoms with van der Waals surface area (Å²) in [6.07, 6.45) is 0. The Hall–Kier alpha value is -2.53. The zero-order valence-corrected chi connectivity index (χ0v) is 18.1. The zero-order valence-electron chi connectivity index (χ0n) is 17.2. The molecule has 5 heteroatoms. The molecule has 28 heavy (non-hydrogen) atoms. The van der Waals surface area contributed by atoms with Gasteiger partial charge in [-0.05, 0) is 49.1 Å². The topological polar surface area (TPSA) is 41.9 Å². The maximum Gasteiger partial charge on any atom is 0.260 e. The van der Waals surface area contributed by atoms with Gasteiger partial charge in [0.05, 0.1) is 7.11 Å². The van der Waals surface area contributed by atoms with Crippen LogP contribution < -0.4 is 4.74 Å². The van der Waals surface area contributed by atoms with Gasteiger partial charge in [-0.3, -0.25) is 14.7 Å². The van der Waals surface area contributed by atoms with Crippen LogP contribution in [0, 0.1) is 0 Å². The molecule has 0 radical (unpaired) electrons. The molecule has 3 rings (SSSR count). The number of carbonyl (C=O) groups excluding carboxylic acids is 1. The van der Waals surface area contributed by atoms with E-state index in [1.165, 1.54) is 5.56 Å². The number of hydrogen-bond donors (Lipinski definition) is 0. The third-order valence-electron chi connectivity index (χ3n) is 4.90. The van der Waals surface area contributed by atoms with Gasteiger partial charge >= 0.3 is 0 Å². The minimum atomic E-state index is -0.744. The van der Waals surface area contributed by atoms with Gasteiger partial charge in [0.15, 0.2) is 0 Å². The first-order valence-electron chi connectivity index (χ1n) is 9.28. The van der Waals surface area contributed by atoms with Crippen LogP contribution in [-0.4, -0.2) is 34.3 Å². The Morgan fingerprint density at radius 1 is 1.04 bits per heavy atom. The van der Waals surface area contributed by atoms with Gasteiger partial charge in [-0.2, -0.15) is 0 Å². The normalized spacial score (nSPS) is 16.1. The largest absolute Gasteiger partial charge is 0.497 e. The van der Waals surface area contributed by atoms with Crippen LogP contribution in [0.2, 0.25) is 0 Å². The lowest BCUT2D eigenvalue weighted by molar-refractivity contribution is 0.0758. The molecule has 0 atom stereocenters. The molecule has 0 spiro atoms. The second-order valence-corrected chi connectivity index (χ2v) is 8.84. The summed E-state index contributed by atoms with van der Waals surface area (Å²) in [4.78, 5) is 20.0. The highest BCUT2D eigenvalue weighted by atomic mass is 32.1. The van der Waals surface area contributed by atoms with Crippen molar-refractivity contribution in [1.29, 1.82) is 0 Å². The van der Waals surface area contributed by atoms with Gasteiger partial charge in [-0.15, -0.1) is 0 Å². The van der Waals surface area contributed by atoms with Crippen molar-refractivity contribution in [2.75, 3.05) is 7.11 Å². The summed E-state index contributed by atoms with van der Waals surface area (Å²) >= 11 is 5.67. The van der Waals surface area contributed by atoms with Gasteiger partial charge in [0, 0.05) is 11.1 Å². The van der Waals surface area contributed by atoms with Gasteiger partial charge in [-0.25, -0.2) is 0 Å². The van der Waals surface area contributed by atoms with Crippen molar-refractivity contribution in [1.82, 2.24) is 4.90 Å². The van der Waals surface area contributed by atoms with Crippen LogP contribution in [0.4, 0.5) is 0 Å². The van der Waals surface area contributed by atoms with Crippen molar-refractivity contribution < 1.29 is 9.53 Å². The molecule has 0 unspecified atom stereocenters. The first-order chi connectivity index (χ1) is 13.0. The van der Waals surface area contributed by atoms with E-state index < -0.39 is 5.66 Å². The predicted molar refractivity (Wildman–Crippen MR) is 118 cm³/mol. The molecule has 1 aliphatic heterocycles. The molecule has 0 saturated carbocycles. The minimum absolute atomic E-state index is 0.0756. The number of rotatable bonds is 3. The van der Waals surface area contributed by atoms with Gasteiger partial charge < -0.3 is 4.74 Å². The van der Waals surface area contributed by atoms with Crippen LogP contribution in [0.15, 0.2) is 53.5 Å². The summed E-state index contributed by atoms with van der Waals surface area (Å²) in [6, 6.07) is 15.3. The lowest BCUT2D eigenvalue weighted by Gasteiger charge is -2.29. The number of hydrogen-bond acceptors (Lipinski definition) is 4. The third kappa shape index (κ3) is 3.72. The quantitative estimate of drug-likeness (QED) is 0.688. The highest BCUT2D eigenvalue weighted by Gasteiger charge is 2.42. The molecule has 4 nitrogen and oxygen atoms in total. The Balaban J connectivity index is 1.91. The third-order valence-corrected chi connectivity index (χ3v) is 5.28. The number of ether oxygens (including phenoxy) is 1. The number of thiocarbonyl (C=S) groups is 1. The second kappa shape index (κ2) is 7.13. The molecule has 0 fully saturated rings. The molecule has 1 aliphatic rings. The van der Waals surface area contributed by atoms with E-state index in [2.05, 4.69) is 32.9 Å². The number of amides is 1. The van der Waals surface area contributed by atoms with E-state index >= 15 is 0 Å². The molecule has 1 amide bonds. The highest BCUT2D eigenvalue weighted by molar-refractivity contribution is 7.82. The molecule has 0 saturated heterocycles. The average Bonchev–Trinajstić information content (AvgIpc) is 2.89. The molecule has 146 valence electrons. The lowest BCUT2D eigenvalue weighted by Crippen LogP contribution is -2.46. The van der Waals surface area contributed by atoms with E-state index in [1.54, 1.807) is 36.3 Å². The Labute approximate surface area is 172 Å². The maximum atomic E-state index is 13.2. The highest BCUT2D eigenvalue weighted by Crippen LogP contribution is 2.30. The Kier molecular flexibility index (Phi) is 5.15. The van der Waals surface area contributed by atoms with Gasteiger partial charge in [0.1, 0.15) is 22.1 Å². The SMILES string of the molecule is COc1ccc(C(=O)N2C(=S)C(c3ccc(C(C)(C)C)cc3)=NC2(C)C)cc1. The standard InChI is InChI=1S/C23H26N2O2S/c1-22(2,3)17-11-7-15(8-12-17)19-21(28)25(23(4,5)24-19)20(26)16-9-13-18(27-6)14-10-16/h7-14H,1-6H3. The molecule has 2 aromatic carbocycles. The van der Waals surface area contributed by atoms with Crippen molar-refractivity contribution in [3.05, 3.63) is 65.2 Å². The minimum Gasteiger partial charge on any atom is -0.497 e. The van der Waals surface area contributed by atoms with Crippen molar-refractivity contribution in [2.24, 2.45) is 4.99 Å². The summed E-state index contributed by atoms with van der Waals surface area (Å²) in [5.74, 6) is 0.540. The molecular weight excluding hydrogens is 368 g/mol. The monoisotopic (exact) mass is 394 g/mol. The Bertz CT molecular complexity index is 936. The van der Waals surface area contributed by atoms with Gasteiger partial charge in [0.25, 0.3) is 5.91 Å². The van der Waals surface area contributed by atoms with Crippen molar-refractivity contribution in [3.63, 3.8) is 0 Å². The zero-order chi connectivity index (χ0) is 20.7. The molecule has 2 aromatic rings. The summed E-state index contributed by atoms with van der Waals surface area (Å²) < 4.78 is 5.17. The summed E-state index contributed by atoms with van der Waals surface area (Å²) in [5.41, 5.74) is 2.73. The number of methoxy groups -OCH3 is 1. The fraction of sp³-hybridized carbons (Fsp3) is 0.348. The van der Waals surface area contributed by atoms with Crippen molar-refractivity contribution >= 4 is 28.8 Å². The smallest absolute Gasteiger partial charge is 0.260 e. The van der Waals surface area contributed by atoms with E-state index in [0.717, 1.165) is 5.56 Å². The first-order valence-corrected chi connectivity index (χ1v) is 9.69. The molecule has 1 heterocycles. The van der Waals surface area contributed by atoms with E-state index in [4.69, 9.17) is 21.9 Å². The van der Waals surface area contributed by atoms with Crippen LogP contribution in [0.1, 0.15) is 56.1 Å². The van der Waals surface area contributed by atoms with Crippen molar-refractivity contribution in [2.45, 2.75) is 45.7 Å². The molecule has 0 N–H and O–H groups in total. The van der Waals surface area contributed by atoms with Crippen LogP contribution in [0.3, 0.4) is 0 Å². The fourth-order valence-electron chi connectivity index (χ4n) is 3.25. The molecular formula is C23H26N2O2S. The predicted octanol–water partition coefficient (Wildman–Crippen LogP) is 5.00. The van der Waals surface area contributed by atoms with E-state index in [0.29, 0.717) is 22.0 Å². The average molecular weight is 395 g/mol. The maximum absolute atomic E-state index is 13.2. The van der Waals surface area contributed by atoms with E-state index in [1.807, 2.05) is 26.0 Å². The summed E-state index contributed by atoms with van der Waals surface area (Å²) in [5, 5.41) is 0. The number of benzene rings is 2. The second-order valence-electron chi connectivity index (χ2n) is 8.46. The molecule has 0 aliphatic carbocycles. The Morgan fingerprint density at radius 3 is 2.11 bits per heavy atom. The van der Waals surface area contributed by atoms with E-state index in [9.17, 15) is 4.79 Å². The fourth-order valence-corrected chi connectivity index (χ4v) is 3.72. The molecule has 0 aromatic heterocycles. The Morgan fingerprint density at radius 2 is 1.61 bits per heavy atom. The van der Waals surface area contributed by atoms with Crippen LogP contribution in [-0.2, 0) is 5.41 Å². The number of aliphatic imine (C=N–C) groups is 1. The molecule has 0 bridgehead atoms. The van der Waals surface area contributed by atoms with Gasteiger partial charge in [-0.1, -0.05) is 57.3 Å². The number of nitrogens with zero attached hydrogens (tertiary/aromatic N) is 2. The lowest BCUT2D eigenvalue weighted by atomic mass is 9.86. The summed E-state index contributed by atoms with van der Waals surface area (Å²) in [7, 11) is 1.60. The summed E-state index contributed by atoms with van der Waals surface area (Å²) in [6.45, 7) is 10.3. The first kappa shape index (κ1) is 20.2. The van der Waals surface area contributed by atoms with E-state index in [-0.39, 0.29) is 11.3 Å². The van der Waals surface area contributed by atoms with Crippen LogP contribution >= 0.6 is 12.2 Å². The van der Waals surface area contributed by atoms with Gasteiger partial charge in [0.2, 0.25) is 0 Å².